The lowest BCUT2D eigenvalue weighted by Gasteiger charge is -2.17. The third-order valence-electron chi connectivity index (χ3n) is 2.17. The molecule has 0 saturated carbocycles. The van der Waals surface area contributed by atoms with Crippen LogP contribution in [0, 0.1) is 0 Å². The third-order valence-corrected chi connectivity index (χ3v) is 5.01. The number of benzene rings is 1. The molecule has 0 unspecified atom stereocenters. The Kier molecular flexibility index (Phi) is 2.38. The van der Waals surface area contributed by atoms with Crippen molar-refractivity contribution in [1.82, 2.24) is 0 Å². The lowest BCUT2D eigenvalue weighted by molar-refractivity contribution is 1.69. The van der Waals surface area contributed by atoms with E-state index >= 15 is 0 Å². The van der Waals surface area contributed by atoms with Crippen molar-refractivity contribution in [3.63, 3.8) is 0 Å². The third kappa shape index (κ3) is 1.77. The zero-order valence-electron chi connectivity index (χ0n) is 7.67. The Hall–Kier alpha value is -1.02. The van der Waals surface area contributed by atoms with Gasteiger partial charge in [-0.15, -0.1) is 6.58 Å². The van der Waals surface area contributed by atoms with Crippen LogP contribution in [0.2, 0.25) is 13.1 Å². The fourth-order valence-corrected chi connectivity index (χ4v) is 2.29. The fourth-order valence-electron chi connectivity index (χ4n) is 1.03. The predicted octanol–water partition coefficient (Wildman–Crippen LogP) is 1.91. The van der Waals surface area contributed by atoms with E-state index in [2.05, 4.69) is 37.5 Å². The Morgan fingerprint density at radius 1 is 1.25 bits per heavy atom. The van der Waals surface area contributed by atoms with Gasteiger partial charge >= 0.3 is 0 Å². The minimum atomic E-state index is -1.37. The van der Waals surface area contributed by atoms with Crippen LogP contribution in [0.3, 0.4) is 0 Å². The number of anilines is 1. The molecule has 12 heavy (non-hydrogen) atoms. The van der Waals surface area contributed by atoms with E-state index in [-0.39, 0.29) is 0 Å². The first-order valence-corrected chi connectivity index (χ1v) is 7.13. The van der Waals surface area contributed by atoms with Crippen LogP contribution in [0.4, 0.5) is 5.69 Å². The summed E-state index contributed by atoms with van der Waals surface area (Å²) in [6.07, 6.45) is 0. The molecular weight excluding hydrogens is 162 g/mol. The maximum atomic E-state index is 5.60. The molecule has 0 aliphatic rings. The second-order valence-electron chi connectivity index (χ2n) is 3.55. The summed E-state index contributed by atoms with van der Waals surface area (Å²) >= 11 is 0. The monoisotopic (exact) mass is 177 g/mol. The van der Waals surface area contributed by atoms with Gasteiger partial charge in [-0.05, 0) is 12.1 Å². The van der Waals surface area contributed by atoms with Crippen LogP contribution in [-0.4, -0.2) is 8.07 Å². The average Bonchev–Trinajstić information content (AvgIpc) is 2.05. The van der Waals surface area contributed by atoms with Gasteiger partial charge in [0.2, 0.25) is 0 Å². The van der Waals surface area contributed by atoms with Crippen LogP contribution in [0.25, 0.3) is 0 Å². The molecule has 1 aromatic rings. The molecule has 0 bridgehead atoms. The fraction of sp³-hybridized carbons (Fsp3) is 0.200. The van der Waals surface area contributed by atoms with Crippen molar-refractivity contribution in [3.8, 4) is 0 Å². The number of rotatable bonds is 2. The Balaban J connectivity index is 3.04. The zero-order valence-corrected chi connectivity index (χ0v) is 8.67. The van der Waals surface area contributed by atoms with E-state index in [9.17, 15) is 0 Å². The van der Waals surface area contributed by atoms with Crippen molar-refractivity contribution < 1.29 is 0 Å². The van der Waals surface area contributed by atoms with Gasteiger partial charge in [0.15, 0.2) is 0 Å². The summed E-state index contributed by atoms with van der Waals surface area (Å²) in [5, 5.41) is 1.38. The van der Waals surface area contributed by atoms with Crippen molar-refractivity contribution in [1.29, 1.82) is 0 Å². The molecule has 0 aliphatic heterocycles. The van der Waals surface area contributed by atoms with Crippen molar-refractivity contribution in [2.75, 3.05) is 5.73 Å². The predicted molar refractivity (Wildman–Crippen MR) is 58.2 cm³/mol. The summed E-state index contributed by atoms with van der Waals surface area (Å²) in [6.45, 7) is 8.40. The van der Waals surface area contributed by atoms with Crippen molar-refractivity contribution in [2.24, 2.45) is 0 Å². The highest BCUT2D eigenvalue weighted by Gasteiger charge is 2.17. The zero-order chi connectivity index (χ0) is 9.19. The van der Waals surface area contributed by atoms with Crippen LogP contribution in [0.1, 0.15) is 0 Å². The van der Waals surface area contributed by atoms with E-state index < -0.39 is 8.07 Å². The molecule has 1 rings (SSSR count). The molecule has 0 fully saturated rings. The van der Waals surface area contributed by atoms with Gasteiger partial charge in [-0.3, -0.25) is 0 Å². The van der Waals surface area contributed by atoms with Crippen molar-refractivity contribution in [3.05, 3.63) is 36.5 Å². The largest absolute Gasteiger partial charge is 0.399 e. The lowest BCUT2D eigenvalue weighted by Crippen LogP contribution is -2.38. The Bertz CT molecular complexity index is 274. The number of hydrogen-bond donors (Lipinski definition) is 1. The topological polar surface area (TPSA) is 26.0 Å². The SMILES string of the molecule is C=C[Si](C)(C)c1ccc(N)cc1. The normalized spacial score (nSPS) is 11.2. The van der Waals surface area contributed by atoms with Crippen LogP contribution < -0.4 is 10.9 Å². The molecule has 2 heteroatoms. The van der Waals surface area contributed by atoms with E-state index in [1.54, 1.807) is 0 Å². The first kappa shape index (κ1) is 9.07. The van der Waals surface area contributed by atoms with Gasteiger partial charge in [0.25, 0.3) is 0 Å². The van der Waals surface area contributed by atoms with E-state index in [4.69, 9.17) is 5.73 Å². The van der Waals surface area contributed by atoms with Crippen molar-refractivity contribution in [2.45, 2.75) is 13.1 Å². The molecule has 0 heterocycles. The van der Waals surface area contributed by atoms with Crippen molar-refractivity contribution >= 4 is 18.9 Å². The Labute approximate surface area is 74.9 Å². The molecule has 64 valence electrons. The van der Waals surface area contributed by atoms with E-state index in [0.29, 0.717) is 0 Å². The highest BCUT2D eigenvalue weighted by molar-refractivity contribution is 6.93. The molecule has 0 aromatic heterocycles. The standard InChI is InChI=1S/C10H15NSi/c1-4-12(2,3)10-7-5-9(11)6-8-10/h4-8H,1,11H2,2-3H3. The molecule has 0 radical (unpaired) electrons. The second-order valence-corrected chi connectivity index (χ2v) is 7.98. The summed E-state index contributed by atoms with van der Waals surface area (Å²) in [7, 11) is -1.37. The summed E-state index contributed by atoms with van der Waals surface area (Å²) < 4.78 is 0. The number of nitrogen functional groups attached to an aromatic ring is 1. The van der Waals surface area contributed by atoms with Gasteiger partial charge in [0.1, 0.15) is 8.07 Å². The smallest absolute Gasteiger partial charge is 0.103 e. The van der Waals surface area contributed by atoms with Crippen LogP contribution in [0.5, 0.6) is 0 Å². The first-order chi connectivity index (χ1) is 5.56. The molecule has 1 nitrogen and oxygen atoms in total. The van der Waals surface area contributed by atoms with E-state index in [1.807, 2.05) is 12.1 Å². The minimum Gasteiger partial charge on any atom is -0.399 e. The molecule has 0 aliphatic carbocycles. The van der Waals surface area contributed by atoms with Gasteiger partial charge in [-0.2, -0.15) is 0 Å². The first-order valence-electron chi connectivity index (χ1n) is 4.06. The van der Waals surface area contributed by atoms with Crippen LogP contribution >= 0.6 is 0 Å². The maximum absolute atomic E-state index is 5.60. The molecule has 1 aromatic carbocycles. The van der Waals surface area contributed by atoms with E-state index in [0.717, 1.165) is 5.69 Å². The van der Waals surface area contributed by atoms with Crippen LogP contribution in [0.15, 0.2) is 36.5 Å². The molecule has 0 amide bonds. The minimum absolute atomic E-state index is 0.826. The Morgan fingerprint density at radius 2 is 1.75 bits per heavy atom. The lowest BCUT2D eigenvalue weighted by atomic mass is 10.3. The number of hydrogen-bond acceptors (Lipinski definition) is 1. The highest BCUT2D eigenvalue weighted by Crippen LogP contribution is 2.06. The van der Waals surface area contributed by atoms with Gasteiger partial charge in [-0.25, -0.2) is 0 Å². The summed E-state index contributed by atoms with van der Waals surface area (Å²) in [4.78, 5) is 0. The quantitative estimate of drug-likeness (QED) is 0.542. The summed E-state index contributed by atoms with van der Waals surface area (Å²) in [6, 6.07) is 8.10. The van der Waals surface area contributed by atoms with E-state index in [1.165, 1.54) is 5.19 Å². The van der Waals surface area contributed by atoms with Gasteiger partial charge in [0.05, 0.1) is 0 Å². The number of nitrogens with two attached hydrogens (primary N) is 1. The molecule has 2 N–H and O–H groups in total. The highest BCUT2D eigenvalue weighted by atomic mass is 28.3. The summed E-state index contributed by atoms with van der Waals surface area (Å²) in [5.41, 5.74) is 8.51. The molecular formula is C10H15NSi. The van der Waals surface area contributed by atoms with Gasteiger partial charge < -0.3 is 5.73 Å². The Morgan fingerprint density at radius 3 is 2.17 bits per heavy atom. The molecule has 0 spiro atoms. The summed E-state index contributed by atoms with van der Waals surface area (Å²) in [5.74, 6) is 0. The average molecular weight is 177 g/mol. The van der Waals surface area contributed by atoms with Gasteiger partial charge in [0, 0.05) is 5.69 Å². The second kappa shape index (κ2) is 3.15. The van der Waals surface area contributed by atoms with Crippen LogP contribution in [-0.2, 0) is 0 Å². The van der Waals surface area contributed by atoms with Gasteiger partial charge in [-0.1, -0.05) is 36.1 Å². The molecule has 0 saturated heterocycles. The molecule has 0 atom stereocenters. The maximum Gasteiger partial charge on any atom is 0.103 e.